The van der Waals surface area contributed by atoms with Gasteiger partial charge in [-0.2, -0.15) is 4.31 Å². The first-order valence-corrected chi connectivity index (χ1v) is 9.12. The molecule has 1 amide bonds. The number of nitrogens with zero attached hydrogens (tertiary/aromatic N) is 2. The zero-order chi connectivity index (χ0) is 17.3. The third-order valence-electron chi connectivity index (χ3n) is 4.08. The second kappa shape index (κ2) is 6.45. The van der Waals surface area contributed by atoms with E-state index in [9.17, 15) is 13.2 Å². The molecule has 1 aromatic carbocycles. The quantitative estimate of drug-likeness (QED) is 0.793. The van der Waals surface area contributed by atoms with Crippen LogP contribution in [0.15, 0.2) is 41.8 Å². The summed E-state index contributed by atoms with van der Waals surface area (Å²) in [4.78, 5) is 13.5. The van der Waals surface area contributed by atoms with Gasteiger partial charge in [0.2, 0.25) is 15.9 Å². The molecule has 0 saturated carbocycles. The Labute approximate surface area is 138 Å². The molecule has 1 saturated heterocycles. The van der Waals surface area contributed by atoms with Crippen molar-refractivity contribution in [2.75, 3.05) is 26.2 Å². The zero-order valence-corrected chi connectivity index (χ0v) is 14.8. The monoisotopic (exact) mass is 336 g/mol. The van der Waals surface area contributed by atoms with Crippen molar-refractivity contribution in [2.24, 2.45) is 0 Å². The Balaban J connectivity index is 2.14. The fraction of sp³-hybridized carbons (Fsp3) is 0.471. The minimum absolute atomic E-state index is 0.0149. The van der Waals surface area contributed by atoms with Gasteiger partial charge in [-0.05, 0) is 29.2 Å². The van der Waals surface area contributed by atoms with Crippen molar-refractivity contribution in [2.45, 2.75) is 31.1 Å². The summed E-state index contributed by atoms with van der Waals surface area (Å²) >= 11 is 0. The third-order valence-corrected chi connectivity index (χ3v) is 6.00. The summed E-state index contributed by atoms with van der Waals surface area (Å²) < 4.78 is 26.8. The predicted octanol–water partition coefficient (Wildman–Crippen LogP) is 2.00. The first-order chi connectivity index (χ1) is 10.7. The molecule has 0 radical (unpaired) electrons. The van der Waals surface area contributed by atoms with Crippen molar-refractivity contribution < 1.29 is 13.2 Å². The SMILES string of the molecule is C=CC(=O)N1CCN(S(=O)(=O)c2ccc(C(C)(C)C)cc2)CC1. The van der Waals surface area contributed by atoms with E-state index >= 15 is 0 Å². The maximum Gasteiger partial charge on any atom is 0.246 e. The van der Waals surface area contributed by atoms with E-state index in [2.05, 4.69) is 27.4 Å². The smallest absolute Gasteiger partial charge is 0.246 e. The van der Waals surface area contributed by atoms with Crippen LogP contribution in [0.1, 0.15) is 26.3 Å². The standard InChI is InChI=1S/C17H24N2O3S/c1-5-16(20)18-10-12-19(13-11-18)23(21,22)15-8-6-14(7-9-15)17(2,3)4/h5-9H,1,10-13H2,2-4H3. The van der Waals surface area contributed by atoms with Crippen molar-refractivity contribution in [1.29, 1.82) is 0 Å². The van der Waals surface area contributed by atoms with Gasteiger partial charge in [-0.15, -0.1) is 0 Å². The van der Waals surface area contributed by atoms with Crippen LogP contribution in [0.25, 0.3) is 0 Å². The molecule has 126 valence electrons. The first kappa shape index (κ1) is 17.7. The topological polar surface area (TPSA) is 57.7 Å². The van der Waals surface area contributed by atoms with E-state index in [-0.39, 0.29) is 11.3 Å². The van der Waals surface area contributed by atoms with Crippen LogP contribution in [0.5, 0.6) is 0 Å². The van der Waals surface area contributed by atoms with Crippen LogP contribution in [0, 0.1) is 0 Å². The van der Waals surface area contributed by atoms with E-state index in [1.807, 2.05) is 12.1 Å². The van der Waals surface area contributed by atoms with Crippen LogP contribution in [0.2, 0.25) is 0 Å². The maximum atomic E-state index is 12.7. The molecule has 23 heavy (non-hydrogen) atoms. The van der Waals surface area contributed by atoms with E-state index in [1.54, 1.807) is 17.0 Å². The maximum absolute atomic E-state index is 12.7. The zero-order valence-electron chi connectivity index (χ0n) is 13.9. The lowest BCUT2D eigenvalue weighted by molar-refractivity contribution is -0.127. The van der Waals surface area contributed by atoms with Crippen molar-refractivity contribution >= 4 is 15.9 Å². The summed E-state index contributed by atoms with van der Waals surface area (Å²) in [5.74, 6) is -0.156. The Kier molecular flexibility index (Phi) is 4.96. The molecule has 0 N–H and O–H groups in total. The molecule has 0 aliphatic carbocycles. The number of rotatable bonds is 3. The fourth-order valence-electron chi connectivity index (χ4n) is 2.55. The lowest BCUT2D eigenvalue weighted by Gasteiger charge is -2.33. The number of hydrogen-bond acceptors (Lipinski definition) is 3. The summed E-state index contributed by atoms with van der Waals surface area (Å²) in [5.41, 5.74) is 1.08. The Morgan fingerprint density at radius 1 is 1.09 bits per heavy atom. The molecule has 0 atom stereocenters. The highest BCUT2D eigenvalue weighted by molar-refractivity contribution is 7.89. The molecule has 0 bridgehead atoms. The van der Waals surface area contributed by atoms with Gasteiger partial charge in [-0.25, -0.2) is 8.42 Å². The first-order valence-electron chi connectivity index (χ1n) is 7.68. The van der Waals surface area contributed by atoms with Crippen LogP contribution < -0.4 is 0 Å². The average molecular weight is 336 g/mol. The van der Waals surface area contributed by atoms with Gasteiger partial charge in [-0.1, -0.05) is 39.5 Å². The molecule has 0 unspecified atom stereocenters. The van der Waals surface area contributed by atoms with E-state index in [1.165, 1.54) is 10.4 Å². The van der Waals surface area contributed by atoms with Gasteiger partial charge in [0.05, 0.1) is 4.90 Å². The van der Waals surface area contributed by atoms with Gasteiger partial charge < -0.3 is 4.90 Å². The minimum Gasteiger partial charge on any atom is -0.337 e. The van der Waals surface area contributed by atoms with Gasteiger partial charge in [0.1, 0.15) is 0 Å². The minimum atomic E-state index is -3.51. The highest BCUT2D eigenvalue weighted by atomic mass is 32.2. The lowest BCUT2D eigenvalue weighted by atomic mass is 9.87. The van der Waals surface area contributed by atoms with Crippen LogP contribution >= 0.6 is 0 Å². The number of carbonyl (C=O) groups is 1. The molecule has 1 aliphatic rings. The Morgan fingerprint density at radius 3 is 2.04 bits per heavy atom. The van der Waals surface area contributed by atoms with E-state index < -0.39 is 10.0 Å². The number of hydrogen-bond donors (Lipinski definition) is 0. The molecule has 6 heteroatoms. The van der Waals surface area contributed by atoms with Crippen LogP contribution in [-0.4, -0.2) is 49.7 Å². The van der Waals surface area contributed by atoms with Crippen molar-refractivity contribution in [3.8, 4) is 0 Å². The van der Waals surface area contributed by atoms with Gasteiger partial charge in [-0.3, -0.25) is 4.79 Å². The van der Waals surface area contributed by atoms with Crippen molar-refractivity contribution in [1.82, 2.24) is 9.21 Å². The number of sulfonamides is 1. The number of carbonyl (C=O) groups excluding carboxylic acids is 1. The Morgan fingerprint density at radius 2 is 1.61 bits per heavy atom. The third kappa shape index (κ3) is 3.82. The molecular weight excluding hydrogens is 312 g/mol. The Bertz CT molecular complexity index is 680. The summed E-state index contributed by atoms with van der Waals surface area (Å²) in [6.45, 7) is 11.1. The second-order valence-electron chi connectivity index (χ2n) is 6.71. The summed E-state index contributed by atoms with van der Waals surface area (Å²) in [5, 5.41) is 0. The average Bonchev–Trinajstić information content (AvgIpc) is 2.53. The molecule has 1 fully saturated rings. The van der Waals surface area contributed by atoms with Crippen molar-refractivity contribution in [3.63, 3.8) is 0 Å². The summed E-state index contributed by atoms with van der Waals surface area (Å²) in [6.07, 6.45) is 1.26. The van der Waals surface area contributed by atoms with Crippen molar-refractivity contribution in [3.05, 3.63) is 42.5 Å². The van der Waals surface area contributed by atoms with Crippen LogP contribution in [0.3, 0.4) is 0 Å². The molecule has 1 aromatic rings. The second-order valence-corrected chi connectivity index (χ2v) is 8.65. The van der Waals surface area contributed by atoms with Gasteiger partial charge in [0.25, 0.3) is 0 Å². The summed E-state index contributed by atoms with van der Waals surface area (Å²) in [7, 11) is -3.51. The largest absolute Gasteiger partial charge is 0.337 e. The molecular formula is C17H24N2O3S. The molecule has 0 spiro atoms. The predicted molar refractivity (Wildman–Crippen MR) is 90.7 cm³/mol. The molecule has 5 nitrogen and oxygen atoms in total. The summed E-state index contributed by atoms with van der Waals surface area (Å²) in [6, 6.07) is 7.06. The highest BCUT2D eigenvalue weighted by Crippen LogP contribution is 2.25. The lowest BCUT2D eigenvalue weighted by Crippen LogP contribution is -2.50. The molecule has 2 rings (SSSR count). The molecule has 1 aliphatic heterocycles. The normalized spacial score (nSPS) is 17.1. The van der Waals surface area contributed by atoms with Crippen LogP contribution in [-0.2, 0) is 20.2 Å². The number of benzene rings is 1. The van der Waals surface area contributed by atoms with Crippen LogP contribution in [0.4, 0.5) is 0 Å². The van der Waals surface area contributed by atoms with Gasteiger partial charge in [0, 0.05) is 26.2 Å². The molecule has 1 heterocycles. The van der Waals surface area contributed by atoms with E-state index in [0.717, 1.165) is 5.56 Å². The van der Waals surface area contributed by atoms with E-state index in [4.69, 9.17) is 0 Å². The van der Waals surface area contributed by atoms with Gasteiger partial charge >= 0.3 is 0 Å². The highest BCUT2D eigenvalue weighted by Gasteiger charge is 2.29. The van der Waals surface area contributed by atoms with E-state index in [0.29, 0.717) is 31.1 Å². The fourth-order valence-corrected chi connectivity index (χ4v) is 3.98. The molecule has 0 aromatic heterocycles. The number of piperazine rings is 1. The number of amides is 1. The van der Waals surface area contributed by atoms with Gasteiger partial charge in [0.15, 0.2) is 0 Å². The Hall–Kier alpha value is -1.66.